The van der Waals surface area contributed by atoms with Gasteiger partial charge >= 0.3 is 0 Å². The van der Waals surface area contributed by atoms with Crippen LogP contribution in [0.25, 0.3) is 0 Å². The van der Waals surface area contributed by atoms with Gasteiger partial charge in [0.15, 0.2) is 0 Å². The molecule has 1 heterocycles. The summed E-state index contributed by atoms with van der Waals surface area (Å²) < 4.78 is 6.55. The van der Waals surface area contributed by atoms with Crippen molar-refractivity contribution >= 4 is 15.9 Å². The number of halogens is 1. The molecule has 1 saturated heterocycles. The summed E-state index contributed by atoms with van der Waals surface area (Å²) in [6, 6.07) is 8.50. The van der Waals surface area contributed by atoms with Crippen LogP contribution in [0.5, 0.6) is 0 Å². The first-order chi connectivity index (χ1) is 7.27. The van der Waals surface area contributed by atoms with E-state index in [1.807, 2.05) is 0 Å². The van der Waals surface area contributed by atoms with Crippen molar-refractivity contribution < 1.29 is 4.74 Å². The summed E-state index contributed by atoms with van der Waals surface area (Å²) in [5.41, 5.74) is 1.46. The highest BCUT2D eigenvalue weighted by molar-refractivity contribution is 9.10. The predicted molar refractivity (Wildman–Crippen MR) is 66.1 cm³/mol. The molecule has 0 saturated carbocycles. The van der Waals surface area contributed by atoms with Crippen LogP contribution in [0.4, 0.5) is 0 Å². The lowest BCUT2D eigenvalue weighted by Crippen LogP contribution is -2.31. The van der Waals surface area contributed by atoms with Gasteiger partial charge in [-0.3, -0.25) is 0 Å². The molecule has 0 aliphatic carbocycles. The summed E-state index contributed by atoms with van der Waals surface area (Å²) in [7, 11) is 0. The van der Waals surface area contributed by atoms with Crippen LogP contribution in [-0.4, -0.2) is 13.2 Å². The van der Waals surface area contributed by atoms with E-state index in [0.29, 0.717) is 0 Å². The molecule has 0 N–H and O–H groups in total. The zero-order valence-electron chi connectivity index (χ0n) is 8.71. The summed E-state index contributed by atoms with van der Waals surface area (Å²) >= 11 is 3.52. The number of rotatable bonds is 2. The molecule has 1 aromatic rings. The van der Waals surface area contributed by atoms with Crippen LogP contribution in [-0.2, 0) is 10.2 Å². The Bertz CT molecular complexity index is 353. The maximum absolute atomic E-state index is 5.42. The number of allylic oxidation sites excluding steroid dienone is 1. The first-order valence-corrected chi connectivity index (χ1v) is 6.03. The standard InChI is InChI=1S/C13H15BrO/c1-2-13(6-8-15-9-7-13)11-4-3-5-12(14)10-11/h2-5,10H,1,6-9H2. The summed E-state index contributed by atoms with van der Waals surface area (Å²) in [5.74, 6) is 0. The average Bonchev–Trinajstić information content (AvgIpc) is 2.30. The molecule has 0 radical (unpaired) electrons. The van der Waals surface area contributed by atoms with Crippen molar-refractivity contribution in [3.8, 4) is 0 Å². The van der Waals surface area contributed by atoms with Gasteiger partial charge in [-0.2, -0.15) is 0 Å². The predicted octanol–water partition coefficient (Wildman–Crippen LogP) is 3.68. The Morgan fingerprint density at radius 2 is 2.07 bits per heavy atom. The third kappa shape index (κ3) is 2.16. The maximum atomic E-state index is 5.42. The fraction of sp³-hybridized carbons (Fsp3) is 0.385. The second-order valence-electron chi connectivity index (χ2n) is 3.98. The fourth-order valence-electron chi connectivity index (χ4n) is 2.14. The van der Waals surface area contributed by atoms with Gasteiger partial charge in [-0.05, 0) is 30.5 Å². The molecule has 2 rings (SSSR count). The molecule has 0 atom stereocenters. The molecule has 1 aliphatic heterocycles. The topological polar surface area (TPSA) is 9.23 Å². The third-order valence-corrected chi connectivity index (χ3v) is 3.67. The van der Waals surface area contributed by atoms with Crippen molar-refractivity contribution in [2.24, 2.45) is 0 Å². The molecule has 0 unspecified atom stereocenters. The van der Waals surface area contributed by atoms with E-state index in [0.717, 1.165) is 30.5 Å². The van der Waals surface area contributed by atoms with Crippen molar-refractivity contribution in [2.45, 2.75) is 18.3 Å². The minimum atomic E-state index is 0.113. The second-order valence-corrected chi connectivity index (χ2v) is 4.90. The second kappa shape index (κ2) is 4.50. The highest BCUT2D eigenvalue weighted by Gasteiger charge is 2.31. The summed E-state index contributed by atoms with van der Waals surface area (Å²) in [6.07, 6.45) is 4.15. The van der Waals surface area contributed by atoms with Gasteiger partial charge in [0.05, 0.1) is 0 Å². The Morgan fingerprint density at radius 1 is 1.33 bits per heavy atom. The molecule has 0 bridgehead atoms. The Labute approximate surface area is 99.3 Å². The molecule has 15 heavy (non-hydrogen) atoms. The number of hydrogen-bond donors (Lipinski definition) is 0. The van der Waals surface area contributed by atoms with Crippen LogP contribution >= 0.6 is 15.9 Å². The van der Waals surface area contributed by atoms with Gasteiger partial charge in [-0.15, -0.1) is 6.58 Å². The molecule has 1 aromatic carbocycles. The normalized spacial score (nSPS) is 19.8. The SMILES string of the molecule is C=CC1(c2cccc(Br)c2)CCOCC1. The van der Waals surface area contributed by atoms with Crippen LogP contribution in [0.1, 0.15) is 18.4 Å². The molecule has 80 valence electrons. The molecule has 0 amide bonds. The van der Waals surface area contributed by atoms with Gasteiger partial charge in [0, 0.05) is 23.1 Å². The van der Waals surface area contributed by atoms with Gasteiger partial charge in [0.2, 0.25) is 0 Å². The maximum Gasteiger partial charge on any atom is 0.0477 e. The number of benzene rings is 1. The summed E-state index contributed by atoms with van der Waals surface area (Å²) in [5, 5.41) is 0. The molecule has 1 fully saturated rings. The van der Waals surface area contributed by atoms with Crippen LogP contribution in [0.3, 0.4) is 0 Å². The largest absolute Gasteiger partial charge is 0.381 e. The lowest BCUT2D eigenvalue weighted by Gasteiger charge is -2.35. The van der Waals surface area contributed by atoms with Crippen LogP contribution in [0.15, 0.2) is 41.4 Å². The summed E-state index contributed by atoms with van der Waals surface area (Å²) in [6.45, 7) is 5.66. The van der Waals surface area contributed by atoms with Gasteiger partial charge < -0.3 is 4.74 Å². The minimum Gasteiger partial charge on any atom is -0.381 e. The smallest absolute Gasteiger partial charge is 0.0477 e. The van der Waals surface area contributed by atoms with Gasteiger partial charge in [0.25, 0.3) is 0 Å². The average molecular weight is 267 g/mol. The molecular weight excluding hydrogens is 252 g/mol. The molecule has 1 nitrogen and oxygen atoms in total. The molecule has 0 spiro atoms. The van der Waals surface area contributed by atoms with Crippen molar-refractivity contribution in [1.29, 1.82) is 0 Å². The lowest BCUT2D eigenvalue weighted by atomic mass is 9.74. The van der Waals surface area contributed by atoms with E-state index >= 15 is 0 Å². The van der Waals surface area contributed by atoms with Crippen LogP contribution < -0.4 is 0 Å². The van der Waals surface area contributed by atoms with Gasteiger partial charge in [0.1, 0.15) is 0 Å². The molecule has 2 heteroatoms. The van der Waals surface area contributed by atoms with E-state index in [1.54, 1.807) is 0 Å². The van der Waals surface area contributed by atoms with Crippen LogP contribution in [0, 0.1) is 0 Å². The Balaban J connectivity index is 2.36. The first-order valence-electron chi connectivity index (χ1n) is 5.24. The lowest BCUT2D eigenvalue weighted by molar-refractivity contribution is 0.0655. The first kappa shape index (κ1) is 10.9. The van der Waals surface area contributed by atoms with Gasteiger partial charge in [-0.25, -0.2) is 0 Å². The van der Waals surface area contributed by atoms with E-state index in [1.165, 1.54) is 5.56 Å². The third-order valence-electron chi connectivity index (χ3n) is 3.18. The zero-order chi connectivity index (χ0) is 10.7. The molecule has 1 aliphatic rings. The van der Waals surface area contributed by atoms with Crippen LogP contribution in [0.2, 0.25) is 0 Å². The number of hydrogen-bond acceptors (Lipinski definition) is 1. The van der Waals surface area contributed by atoms with E-state index in [-0.39, 0.29) is 5.41 Å². The van der Waals surface area contributed by atoms with Crippen molar-refractivity contribution in [3.63, 3.8) is 0 Å². The van der Waals surface area contributed by atoms with E-state index in [9.17, 15) is 0 Å². The zero-order valence-corrected chi connectivity index (χ0v) is 10.3. The van der Waals surface area contributed by atoms with Crippen molar-refractivity contribution in [2.75, 3.05) is 13.2 Å². The quantitative estimate of drug-likeness (QED) is 0.743. The van der Waals surface area contributed by atoms with Crippen molar-refractivity contribution in [3.05, 3.63) is 47.0 Å². The number of ether oxygens (including phenoxy) is 1. The van der Waals surface area contributed by atoms with E-state index in [4.69, 9.17) is 4.74 Å². The molecular formula is C13H15BrO. The van der Waals surface area contributed by atoms with E-state index in [2.05, 4.69) is 52.9 Å². The minimum absolute atomic E-state index is 0.113. The Kier molecular flexibility index (Phi) is 3.27. The Morgan fingerprint density at radius 3 is 2.67 bits per heavy atom. The van der Waals surface area contributed by atoms with Gasteiger partial charge in [-0.1, -0.05) is 34.1 Å². The Hall–Kier alpha value is -0.600. The fourth-order valence-corrected chi connectivity index (χ4v) is 2.54. The monoisotopic (exact) mass is 266 g/mol. The highest BCUT2D eigenvalue weighted by atomic mass is 79.9. The van der Waals surface area contributed by atoms with E-state index < -0.39 is 0 Å². The molecule has 0 aromatic heterocycles. The summed E-state index contributed by atoms with van der Waals surface area (Å²) in [4.78, 5) is 0. The van der Waals surface area contributed by atoms with Crippen molar-refractivity contribution in [1.82, 2.24) is 0 Å². The highest BCUT2D eigenvalue weighted by Crippen LogP contribution is 2.36.